The van der Waals surface area contributed by atoms with Crippen molar-refractivity contribution in [3.63, 3.8) is 0 Å². The summed E-state index contributed by atoms with van der Waals surface area (Å²) in [5.74, 6) is 1.33. The van der Waals surface area contributed by atoms with Crippen LogP contribution in [-0.2, 0) is 6.54 Å². The maximum absolute atomic E-state index is 12.9. The third kappa shape index (κ3) is 3.76. The summed E-state index contributed by atoms with van der Waals surface area (Å²) in [5.41, 5.74) is 1.99. The van der Waals surface area contributed by atoms with E-state index in [4.69, 9.17) is 9.26 Å². The van der Waals surface area contributed by atoms with Crippen molar-refractivity contribution >= 4 is 21.6 Å². The number of benzene rings is 2. The van der Waals surface area contributed by atoms with Crippen molar-refractivity contribution in [2.24, 2.45) is 0 Å². The Labute approximate surface area is 154 Å². The van der Waals surface area contributed by atoms with Crippen molar-refractivity contribution in [2.45, 2.75) is 6.54 Å². The van der Waals surface area contributed by atoms with Gasteiger partial charge in [-0.05, 0) is 41.3 Å². The Balaban J connectivity index is 1.31. The molecule has 0 aliphatic carbocycles. The molecule has 26 heavy (non-hydrogen) atoms. The van der Waals surface area contributed by atoms with Crippen LogP contribution in [0.1, 0.15) is 5.56 Å². The molecule has 1 N–H and O–H groups in total. The normalized spacial score (nSPS) is 11.1. The average Bonchev–Trinajstić information content (AvgIpc) is 3.27. The zero-order valence-electron chi connectivity index (χ0n) is 13.9. The number of hydrogen-bond acceptors (Lipinski definition) is 5. The molecule has 6 heteroatoms. The van der Waals surface area contributed by atoms with E-state index in [-0.39, 0.29) is 5.82 Å². The maximum atomic E-state index is 12.9. The highest BCUT2D eigenvalue weighted by Crippen LogP contribution is 2.32. The molecule has 2 aromatic carbocycles. The highest BCUT2D eigenvalue weighted by molar-refractivity contribution is 7.16. The molecule has 0 unspecified atom stereocenters. The molecular weight excluding hydrogens is 351 g/mol. The molecule has 0 saturated carbocycles. The van der Waals surface area contributed by atoms with E-state index >= 15 is 0 Å². The second kappa shape index (κ2) is 7.68. The maximum Gasteiger partial charge on any atom is 0.175 e. The third-order valence-corrected chi connectivity index (χ3v) is 4.79. The summed E-state index contributed by atoms with van der Waals surface area (Å²) in [6.07, 6.45) is 0. The standard InChI is InChI=1S/C20H17FN2O2S/c21-16-6-4-14(5-7-16)13-22-9-10-24-17-3-1-2-15(12-17)19-18-8-11-26-20(18)23-25-19/h1-8,11-12,22H,9-10,13H2. The molecule has 0 fully saturated rings. The summed E-state index contributed by atoms with van der Waals surface area (Å²) in [6.45, 7) is 1.91. The number of hydrogen-bond donors (Lipinski definition) is 1. The first-order chi connectivity index (χ1) is 12.8. The smallest absolute Gasteiger partial charge is 0.175 e. The average molecular weight is 368 g/mol. The molecule has 2 aromatic heterocycles. The minimum absolute atomic E-state index is 0.219. The Morgan fingerprint density at radius 2 is 2.00 bits per heavy atom. The highest BCUT2D eigenvalue weighted by Gasteiger charge is 2.12. The molecular formula is C20H17FN2O2S. The molecule has 0 bridgehead atoms. The lowest BCUT2D eigenvalue weighted by atomic mass is 10.1. The molecule has 0 saturated heterocycles. The fraction of sp³-hybridized carbons (Fsp3) is 0.150. The first-order valence-electron chi connectivity index (χ1n) is 8.31. The van der Waals surface area contributed by atoms with Gasteiger partial charge in [-0.25, -0.2) is 4.39 Å². The van der Waals surface area contributed by atoms with Crippen LogP contribution in [0.2, 0.25) is 0 Å². The van der Waals surface area contributed by atoms with Crippen molar-refractivity contribution < 1.29 is 13.7 Å². The van der Waals surface area contributed by atoms with E-state index in [2.05, 4.69) is 10.5 Å². The van der Waals surface area contributed by atoms with Crippen LogP contribution < -0.4 is 10.1 Å². The number of rotatable bonds is 7. The van der Waals surface area contributed by atoms with Crippen LogP contribution in [0.15, 0.2) is 64.5 Å². The Morgan fingerprint density at radius 1 is 1.12 bits per heavy atom. The summed E-state index contributed by atoms with van der Waals surface area (Å²) in [7, 11) is 0. The first-order valence-corrected chi connectivity index (χ1v) is 9.19. The number of fused-ring (bicyclic) bond motifs is 1. The predicted molar refractivity (Wildman–Crippen MR) is 101 cm³/mol. The van der Waals surface area contributed by atoms with Gasteiger partial charge in [0.15, 0.2) is 10.6 Å². The topological polar surface area (TPSA) is 47.3 Å². The largest absolute Gasteiger partial charge is 0.492 e. The zero-order valence-corrected chi connectivity index (χ0v) is 14.8. The van der Waals surface area contributed by atoms with Crippen molar-refractivity contribution in [3.8, 4) is 17.1 Å². The minimum atomic E-state index is -0.219. The molecule has 4 nitrogen and oxygen atoms in total. The van der Waals surface area contributed by atoms with Crippen LogP contribution in [0.5, 0.6) is 5.75 Å². The van der Waals surface area contributed by atoms with Crippen LogP contribution in [0.25, 0.3) is 21.5 Å². The highest BCUT2D eigenvalue weighted by atomic mass is 32.1. The monoisotopic (exact) mass is 368 g/mol. The fourth-order valence-electron chi connectivity index (χ4n) is 2.69. The quantitative estimate of drug-likeness (QED) is 0.473. The first kappa shape index (κ1) is 16.8. The zero-order chi connectivity index (χ0) is 17.8. The SMILES string of the molecule is Fc1ccc(CNCCOc2cccc(-c3onc4sccc34)c2)cc1. The van der Waals surface area contributed by atoms with Crippen molar-refractivity contribution in [1.29, 1.82) is 0 Å². The Hall–Kier alpha value is -2.70. The number of thiophene rings is 1. The lowest BCUT2D eigenvalue weighted by Gasteiger charge is -2.08. The third-order valence-electron chi connectivity index (χ3n) is 4.00. The molecule has 132 valence electrons. The van der Waals surface area contributed by atoms with E-state index in [1.165, 1.54) is 12.1 Å². The van der Waals surface area contributed by atoms with E-state index in [1.807, 2.05) is 35.7 Å². The second-order valence-corrected chi connectivity index (χ2v) is 6.73. The van der Waals surface area contributed by atoms with Gasteiger partial charge in [-0.3, -0.25) is 0 Å². The molecule has 0 radical (unpaired) electrons. The molecule has 0 spiro atoms. The molecule has 2 heterocycles. The van der Waals surface area contributed by atoms with Gasteiger partial charge in [-0.2, -0.15) is 0 Å². The number of nitrogens with one attached hydrogen (secondary N) is 1. The van der Waals surface area contributed by atoms with Crippen LogP contribution in [0.4, 0.5) is 4.39 Å². The summed E-state index contributed by atoms with van der Waals surface area (Å²) in [6, 6.07) is 16.3. The van der Waals surface area contributed by atoms with Gasteiger partial charge in [-0.15, -0.1) is 11.3 Å². The van der Waals surface area contributed by atoms with Gasteiger partial charge in [0.1, 0.15) is 18.2 Å². The van der Waals surface area contributed by atoms with E-state index < -0.39 is 0 Å². The van der Waals surface area contributed by atoms with Gasteiger partial charge in [0.2, 0.25) is 0 Å². The molecule has 0 amide bonds. The van der Waals surface area contributed by atoms with Gasteiger partial charge >= 0.3 is 0 Å². The van der Waals surface area contributed by atoms with Gasteiger partial charge < -0.3 is 14.6 Å². The van der Waals surface area contributed by atoms with Crippen molar-refractivity contribution in [3.05, 3.63) is 71.4 Å². The van der Waals surface area contributed by atoms with Crippen LogP contribution >= 0.6 is 11.3 Å². The van der Waals surface area contributed by atoms with Crippen LogP contribution in [0, 0.1) is 5.82 Å². The Morgan fingerprint density at radius 3 is 2.88 bits per heavy atom. The van der Waals surface area contributed by atoms with Crippen molar-refractivity contribution in [1.82, 2.24) is 10.5 Å². The summed E-state index contributed by atoms with van der Waals surface area (Å²) < 4.78 is 24.1. The molecule has 4 rings (SSSR count). The van der Waals surface area contributed by atoms with Crippen LogP contribution in [0.3, 0.4) is 0 Å². The number of aromatic nitrogens is 1. The number of nitrogens with zero attached hydrogens (tertiary/aromatic N) is 1. The minimum Gasteiger partial charge on any atom is -0.492 e. The second-order valence-electron chi connectivity index (χ2n) is 5.83. The van der Waals surface area contributed by atoms with E-state index in [1.54, 1.807) is 23.5 Å². The van der Waals surface area contributed by atoms with E-state index in [9.17, 15) is 4.39 Å². The predicted octanol–water partition coefficient (Wildman–Crippen LogP) is 4.86. The van der Waals surface area contributed by atoms with Gasteiger partial charge in [0, 0.05) is 18.7 Å². The Bertz CT molecular complexity index is 994. The molecule has 0 atom stereocenters. The number of halogens is 1. The van der Waals surface area contributed by atoms with Gasteiger partial charge in [0.05, 0.1) is 5.39 Å². The number of ether oxygens (including phenoxy) is 1. The van der Waals surface area contributed by atoms with E-state index in [0.717, 1.165) is 32.9 Å². The van der Waals surface area contributed by atoms with E-state index in [0.29, 0.717) is 19.7 Å². The lowest BCUT2D eigenvalue weighted by Crippen LogP contribution is -2.20. The van der Waals surface area contributed by atoms with Gasteiger partial charge in [0.25, 0.3) is 0 Å². The Kier molecular flexibility index (Phi) is 4.95. The lowest BCUT2D eigenvalue weighted by molar-refractivity contribution is 0.313. The molecule has 0 aliphatic rings. The van der Waals surface area contributed by atoms with Crippen LogP contribution in [-0.4, -0.2) is 18.3 Å². The fourth-order valence-corrected chi connectivity index (χ4v) is 3.39. The van der Waals surface area contributed by atoms with Gasteiger partial charge in [-0.1, -0.05) is 29.4 Å². The summed E-state index contributed by atoms with van der Waals surface area (Å²) in [4.78, 5) is 0.899. The summed E-state index contributed by atoms with van der Waals surface area (Å²) in [5, 5.41) is 10.4. The molecule has 0 aliphatic heterocycles. The summed E-state index contributed by atoms with van der Waals surface area (Å²) >= 11 is 1.56. The molecule has 4 aromatic rings. The van der Waals surface area contributed by atoms with Crippen molar-refractivity contribution in [2.75, 3.05) is 13.2 Å².